The summed E-state index contributed by atoms with van der Waals surface area (Å²) < 4.78 is 5.30. The Morgan fingerprint density at radius 2 is 1.80 bits per heavy atom. The predicted octanol–water partition coefficient (Wildman–Crippen LogP) is 3.93. The van der Waals surface area contributed by atoms with Gasteiger partial charge in [0.15, 0.2) is 0 Å². The van der Waals surface area contributed by atoms with Crippen molar-refractivity contribution >= 4 is 5.97 Å². The molecular weight excluding hydrogens is 188 g/mol. The van der Waals surface area contributed by atoms with Gasteiger partial charge in [0, 0.05) is 6.42 Å². The van der Waals surface area contributed by atoms with Gasteiger partial charge in [-0.2, -0.15) is 0 Å². The number of esters is 1. The first-order valence-corrected chi connectivity index (χ1v) is 6.25. The molecule has 90 valence electrons. The maximum Gasteiger partial charge on any atom is 0.306 e. The van der Waals surface area contributed by atoms with Crippen LogP contribution in [0, 0.1) is 5.92 Å². The molecule has 0 N–H and O–H groups in total. The summed E-state index contributed by atoms with van der Waals surface area (Å²) in [5.74, 6) is 0.562. The van der Waals surface area contributed by atoms with E-state index < -0.39 is 0 Å². The monoisotopic (exact) mass is 214 g/mol. The molecule has 1 unspecified atom stereocenters. The third kappa shape index (κ3) is 9.77. The summed E-state index contributed by atoms with van der Waals surface area (Å²) in [7, 11) is 0. The normalized spacial score (nSPS) is 12.9. The fourth-order valence-electron chi connectivity index (χ4n) is 1.69. The molecule has 0 amide bonds. The smallest absolute Gasteiger partial charge is 0.306 e. The maximum atomic E-state index is 11.4. The molecule has 0 saturated heterocycles. The van der Waals surface area contributed by atoms with Crippen LogP contribution in [0.4, 0.5) is 0 Å². The Labute approximate surface area is 94.4 Å². The van der Waals surface area contributed by atoms with Gasteiger partial charge in [-0.15, -0.1) is 0 Å². The molecule has 0 radical (unpaired) electrons. The Hall–Kier alpha value is -0.530. The second-order valence-electron chi connectivity index (χ2n) is 4.74. The summed E-state index contributed by atoms with van der Waals surface area (Å²) in [6.07, 6.45) is 6.16. The molecule has 0 aromatic rings. The Bertz CT molecular complexity index is 164. The highest BCUT2D eigenvalue weighted by atomic mass is 16.5. The molecule has 0 aromatic carbocycles. The second-order valence-corrected chi connectivity index (χ2v) is 4.74. The fourth-order valence-corrected chi connectivity index (χ4v) is 1.69. The number of rotatable bonds is 8. The number of unbranched alkanes of at least 4 members (excludes halogenated alkanes) is 3. The molecule has 2 nitrogen and oxygen atoms in total. The standard InChI is InChI=1S/C13H26O2/c1-5-6-7-8-9-13(14)15-12(4)10-11(2)3/h11-12H,5-10H2,1-4H3. The third-order valence-electron chi connectivity index (χ3n) is 2.37. The molecular formula is C13H26O2. The van der Waals surface area contributed by atoms with Gasteiger partial charge in [0.25, 0.3) is 0 Å². The lowest BCUT2D eigenvalue weighted by Crippen LogP contribution is -2.16. The molecule has 0 bridgehead atoms. The molecule has 0 spiro atoms. The van der Waals surface area contributed by atoms with Gasteiger partial charge in [0.1, 0.15) is 0 Å². The lowest BCUT2D eigenvalue weighted by atomic mass is 10.1. The number of hydrogen-bond acceptors (Lipinski definition) is 2. The molecule has 15 heavy (non-hydrogen) atoms. The van der Waals surface area contributed by atoms with Crippen molar-refractivity contribution in [3.05, 3.63) is 0 Å². The lowest BCUT2D eigenvalue weighted by molar-refractivity contribution is -0.149. The number of ether oxygens (including phenoxy) is 1. The zero-order valence-electron chi connectivity index (χ0n) is 10.7. The molecule has 0 aliphatic rings. The van der Waals surface area contributed by atoms with Crippen LogP contribution in [0.5, 0.6) is 0 Å². The van der Waals surface area contributed by atoms with Crippen molar-refractivity contribution in [2.45, 2.75) is 72.3 Å². The van der Waals surface area contributed by atoms with Gasteiger partial charge < -0.3 is 4.74 Å². The molecule has 0 saturated carbocycles. The second kappa shape index (κ2) is 8.75. The highest BCUT2D eigenvalue weighted by Gasteiger charge is 2.10. The average Bonchev–Trinajstić information content (AvgIpc) is 2.10. The number of carbonyl (C=O) groups is 1. The molecule has 2 heteroatoms. The first-order chi connectivity index (χ1) is 7.06. The van der Waals surface area contributed by atoms with E-state index in [1.807, 2.05) is 6.92 Å². The minimum atomic E-state index is -0.0285. The van der Waals surface area contributed by atoms with Crippen LogP contribution in [-0.4, -0.2) is 12.1 Å². The Morgan fingerprint density at radius 3 is 2.33 bits per heavy atom. The summed E-state index contributed by atoms with van der Waals surface area (Å²) in [4.78, 5) is 11.4. The van der Waals surface area contributed by atoms with Crippen molar-refractivity contribution in [2.24, 2.45) is 5.92 Å². The van der Waals surface area contributed by atoms with Crippen LogP contribution >= 0.6 is 0 Å². The van der Waals surface area contributed by atoms with Crippen LogP contribution < -0.4 is 0 Å². The topological polar surface area (TPSA) is 26.3 Å². The van der Waals surface area contributed by atoms with Gasteiger partial charge in [-0.3, -0.25) is 4.79 Å². The van der Waals surface area contributed by atoms with Crippen molar-refractivity contribution in [1.29, 1.82) is 0 Å². The van der Waals surface area contributed by atoms with Gasteiger partial charge in [-0.05, 0) is 25.7 Å². The van der Waals surface area contributed by atoms with Crippen LogP contribution in [-0.2, 0) is 9.53 Å². The minimum absolute atomic E-state index is 0.0285. The van der Waals surface area contributed by atoms with E-state index in [1.165, 1.54) is 12.8 Å². The van der Waals surface area contributed by atoms with Crippen molar-refractivity contribution < 1.29 is 9.53 Å². The average molecular weight is 214 g/mol. The summed E-state index contributed by atoms with van der Waals surface area (Å²) in [5, 5.41) is 0. The molecule has 0 aliphatic heterocycles. The molecule has 0 rings (SSSR count). The fraction of sp³-hybridized carbons (Fsp3) is 0.923. The van der Waals surface area contributed by atoms with Crippen LogP contribution in [0.1, 0.15) is 66.2 Å². The lowest BCUT2D eigenvalue weighted by Gasteiger charge is -2.15. The Kier molecular flexibility index (Phi) is 8.44. The van der Waals surface area contributed by atoms with E-state index in [9.17, 15) is 4.79 Å². The van der Waals surface area contributed by atoms with Crippen LogP contribution in [0.2, 0.25) is 0 Å². The minimum Gasteiger partial charge on any atom is -0.463 e. The summed E-state index contributed by atoms with van der Waals surface area (Å²) in [5.41, 5.74) is 0. The predicted molar refractivity (Wildman–Crippen MR) is 63.8 cm³/mol. The largest absolute Gasteiger partial charge is 0.463 e. The maximum absolute atomic E-state index is 11.4. The Balaban J connectivity index is 3.47. The quantitative estimate of drug-likeness (QED) is 0.452. The van der Waals surface area contributed by atoms with Crippen LogP contribution in [0.3, 0.4) is 0 Å². The zero-order valence-corrected chi connectivity index (χ0v) is 10.7. The zero-order chi connectivity index (χ0) is 11.7. The van der Waals surface area contributed by atoms with E-state index in [1.54, 1.807) is 0 Å². The Morgan fingerprint density at radius 1 is 1.13 bits per heavy atom. The molecule has 0 aliphatic carbocycles. The third-order valence-corrected chi connectivity index (χ3v) is 2.37. The highest BCUT2D eigenvalue weighted by molar-refractivity contribution is 5.69. The summed E-state index contributed by atoms with van der Waals surface area (Å²) in [6.45, 7) is 8.43. The van der Waals surface area contributed by atoms with E-state index in [4.69, 9.17) is 4.74 Å². The van der Waals surface area contributed by atoms with E-state index in [2.05, 4.69) is 20.8 Å². The number of carbonyl (C=O) groups excluding carboxylic acids is 1. The van der Waals surface area contributed by atoms with E-state index in [-0.39, 0.29) is 12.1 Å². The van der Waals surface area contributed by atoms with Crippen LogP contribution in [0.25, 0.3) is 0 Å². The van der Waals surface area contributed by atoms with E-state index >= 15 is 0 Å². The van der Waals surface area contributed by atoms with Crippen molar-refractivity contribution in [3.8, 4) is 0 Å². The number of hydrogen-bond donors (Lipinski definition) is 0. The van der Waals surface area contributed by atoms with Gasteiger partial charge in [0.2, 0.25) is 0 Å². The van der Waals surface area contributed by atoms with Crippen LogP contribution in [0.15, 0.2) is 0 Å². The van der Waals surface area contributed by atoms with Crippen molar-refractivity contribution in [1.82, 2.24) is 0 Å². The SMILES string of the molecule is CCCCCCC(=O)OC(C)CC(C)C. The molecule has 0 aromatic heterocycles. The highest BCUT2D eigenvalue weighted by Crippen LogP contribution is 2.10. The van der Waals surface area contributed by atoms with E-state index in [0.29, 0.717) is 12.3 Å². The van der Waals surface area contributed by atoms with Crippen molar-refractivity contribution in [3.63, 3.8) is 0 Å². The first kappa shape index (κ1) is 14.5. The van der Waals surface area contributed by atoms with Gasteiger partial charge in [0.05, 0.1) is 6.10 Å². The molecule has 1 atom stereocenters. The van der Waals surface area contributed by atoms with Crippen molar-refractivity contribution in [2.75, 3.05) is 0 Å². The summed E-state index contributed by atoms with van der Waals surface area (Å²) >= 11 is 0. The van der Waals surface area contributed by atoms with Gasteiger partial charge in [-0.1, -0.05) is 40.0 Å². The van der Waals surface area contributed by atoms with Gasteiger partial charge in [-0.25, -0.2) is 0 Å². The molecule has 0 heterocycles. The summed E-state index contributed by atoms with van der Waals surface area (Å²) in [6, 6.07) is 0. The first-order valence-electron chi connectivity index (χ1n) is 6.25. The van der Waals surface area contributed by atoms with E-state index in [0.717, 1.165) is 19.3 Å². The van der Waals surface area contributed by atoms with Gasteiger partial charge >= 0.3 is 5.97 Å². The molecule has 0 fully saturated rings.